The van der Waals surface area contributed by atoms with Gasteiger partial charge < -0.3 is 10.2 Å². The minimum atomic E-state index is -4.43. The molecule has 2 rings (SSSR count). The molecule has 0 aliphatic carbocycles. The molecule has 0 aliphatic rings. The molecule has 4 nitrogen and oxygen atoms in total. The van der Waals surface area contributed by atoms with Gasteiger partial charge in [-0.05, 0) is 38.2 Å². The Morgan fingerprint density at radius 3 is 2.58 bits per heavy atom. The lowest BCUT2D eigenvalue weighted by Gasteiger charge is -2.22. The Hall–Kier alpha value is -2.09. The number of halogens is 3. The van der Waals surface area contributed by atoms with Crippen molar-refractivity contribution in [3.63, 3.8) is 0 Å². The van der Waals surface area contributed by atoms with Crippen LogP contribution in [-0.4, -0.2) is 26.8 Å². The maximum Gasteiger partial charge on any atom is 0.418 e. The smallest absolute Gasteiger partial charge is 0.348 e. The summed E-state index contributed by atoms with van der Waals surface area (Å²) in [6, 6.07) is 5.28. The summed E-state index contributed by atoms with van der Waals surface area (Å²) in [4.78, 5) is 1.69. The highest BCUT2D eigenvalue weighted by Crippen LogP contribution is 2.34. The molecule has 0 spiro atoms. The maximum atomic E-state index is 13.0. The normalized spacial score (nSPS) is 11.4. The van der Waals surface area contributed by atoms with Gasteiger partial charge in [0.15, 0.2) is 5.11 Å². The molecular formula is C16H19F3N4S. The number of aryl methyl sites for hydroxylation is 2. The number of nitrogens with one attached hydrogen (secondary N) is 1. The van der Waals surface area contributed by atoms with Crippen LogP contribution in [0.15, 0.2) is 30.5 Å². The first-order valence-corrected chi connectivity index (χ1v) is 7.84. The summed E-state index contributed by atoms with van der Waals surface area (Å²) in [5.41, 5.74) is 1.06. The first-order valence-electron chi connectivity index (χ1n) is 7.43. The number of aromatic nitrogens is 2. The van der Waals surface area contributed by atoms with Crippen molar-refractivity contribution in [2.75, 3.05) is 12.4 Å². The van der Waals surface area contributed by atoms with Crippen LogP contribution in [0, 0.1) is 6.92 Å². The van der Waals surface area contributed by atoms with E-state index in [4.69, 9.17) is 12.2 Å². The summed E-state index contributed by atoms with van der Waals surface area (Å²) >= 11 is 5.24. The summed E-state index contributed by atoms with van der Waals surface area (Å²) < 4.78 is 40.9. The van der Waals surface area contributed by atoms with Gasteiger partial charge in [0.25, 0.3) is 0 Å². The number of alkyl halides is 3. The molecule has 1 aromatic heterocycles. The SMILES string of the molecule is CCn1cc(CN(C)C(=S)Nc2ccccc2C(F)(F)F)c(C)n1. The van der Waals surface area contributed by atoms with Gasteiger partial charge in [-0.2, -0.15) is 18.3 Å². The Morgan fingerprint density at radius 1 is 1.33 bits per heavy atom. The predicted molar refractivity (Wildman–Crippen MR) is 91.8 cm³/mol. The van der Waals surface area contributed by atoms with Crippen molar-refractivity contribution < 1.29 is 13.2 Å². The van der Waals surface area contributed by atoms with Crippen molar-refractivity contribution in [1.82, 2.24) is 14.7 Å². The lowest BCUT2D eigenvalue weighted by atomic mass is 10.1. The van der Waals surface area contributed by atoms with Gasteiger partial charge in [0, 0.05) is 31.9 Å². The lowest BCUT2D eigenvalue weighted by Crippen LogP contribution is -2.31. The molecule has 1 heterocycles. The van der Waals surface area contributed by atoms with Crippen LogP contribution in [0.4, 0.5) is 18.9 Å². The highest BCUT2D eigenvalue weighted by Gasteiger charge is 2.33. The Morgan fingerprint density at radius 2 is 2.00 bits per heavy atom. The molecule has 0 amide bonds. The van der Waals surface area contributed by atoms with Gasteiger partial charge in [0.2, 0.25) is 0 Å². The van der Waals surface area contributed by atoms with E-state index < -0.39 is 11.7 Å². The second-order valence-electron chi connectivity index (χ2n) is 5.42. The summed E-state index contributed by atoms with van der Waals surface area (Å²) in [7, 11) is 1.73. The standard InChI is InChI=1S/C16H19F3N4S/c1-4-23-10-12(11(2)21-23)9-22(3)15(24)20-14-8-6-5-7-13(14)16(17,18)19/h5-8,10H,4,9H2,1-3H3,(H,20,24). The molecule has 2 aromatic rings. The number of rotatable bonds is 4. The van der Waals surface area contributed by atoms with Gasteiger partial charge in [-0.3, -0.25) is 4.68 Å². The zero-order chi connectivity index (χ0) is 17.9. The van der Waals surface area contributed by atoms with Crippen LogP contribution < -0.4 is 5.32 Å². The van der Waals surface area contributed by atoms with E-state index in [0.29, 0.717) is 6.54 Å². The van der Waals surface area contributed by atoms with E-state index in [-0.39, 0.29) is 10.8 Å². The number of benzene rings is 1. The molecule has 1 N–H and O–H groups in total. The zero-order valence-electron chi connectivity index (χ0n) is 13.7. The Kier molecular flexibility index (Phi) is 5.48. The van der Waals surface area contributed by atoms with Crippen LogP contribution >= 0.6 is 12.2 Å². The Labute approximate surface area is 144 Å². The van der Waals surface area contributed by atoms with Gasteiger partial charge in [-0.25, -0.2) is 0 Å². The molecule has 8 heteroatoms. The lowest BCUT2D eigenvalue weighted by molar-refractivity contribution is -0.136. The monoisotopic (exact) mass is 356 g/mol. The summed E-state index contributed by atoms with van der Waals surface area (Å²) in [6.45, 7) is 5.10. The largest absolute Gasteiger partial charge is 0.418 e. The van der Waals surface area contributed by atoms with Gasteiger partial charge in [0.05, 0.1) is 16.9 Å². The van der Waals surface area contributed by atoms with E-state index in [1.165, 1.54) is 18.2 Å². The van der Waals surface area contributed by atoms with Gasteiger partial charge in [0.1, 0.15) is 0 Å². The molecule has 0 saturated heterocycles. The third-order valence-corrected chi connectivity index (χ3v) is 4.01. The minimum absolute atomic E-state index is 0.0529. The molecule has 0 radical (unpaired) electrons. The second-order valence-corrected chi connectivity index (χ2v) is 5.81. The van der Waals surface area contributed by atoms with Crippen molar-refractivity contribution in [2.45, 2.75) is 33.1 Å². The van der Waals surface area contributed by atoms with Crippen LogP contribution in [0.2, 0.25) is 0 Å². The number of nitrogens with zero attached hydrogens (tertiary/aromatic N) is 3. The van der Waals surface area contributed by atoms with E-state index >= 15 is 0 Å². The van der Waals surface area contributed by atoms with Crippen molar-refractivity contribution in [1.29, 1.82) is 0 Å². The topological polar surface area (TPSA) is 33.1 Å². The first kappa shape index (κ1) is 18.3. The number of anilines is 1. The van der Waals surface area contributed by atoms with Crippen LogP contribution in [0.25, 0.3) is 0 Å². The quantitative estimate of drug-likeness (QED) is 0.838. The Bertz CT molecular complexity index is 724. The predicted octanol–water partition coefficient (Wildman–Crippen LogP) is 4.06. The van der Waals surface area contributed by atoms with E-state index in [0.717, 1.165) is 23.9 Å². The van der Waals surface area contributed by atoms with E-state index in [9.17, 15) is 13.2 Å². The molecule has 0 unspecified atom stereocenters. The van der Waals surface area contributed by atoms with Gasteiger partial charge >= 0.3 is 6.18 Å². The molecule has 130 valence electrons. The average molecular weight is 356 g/mol. The molecule has 0 atom stereocenters. The van der Waals surface area contributed by atoms with E-state index in [1.807, 2.05) is 24.7 Å². The molecule has 0 aliphatic heterocycles. The number of para-hydroxylation sites is 1. The van der Waals surface area contributed by atoms with Gasteiger partial charge in [-0.1, -0.05) is 12.1 Å². The number of hydrogen-bond donors (Lipinski definition) is 1. The van der Waals surface area contributed by atoms with Crippen molar-refractivity contribution in [2.24, 2.45) is 0 Å². The van der Waals surface area contributed by atoms with Crippen LogP contribution in [0.1, 0.15) is 23.7 Å². The van der Waals surface area contributed by atoms with Gasteiger partial charge in [-0.15, -0.1) is 0 Å². The van der Waals surface area contributed by atoms with Crippen LogP contribution in [-0.2, 0) is 19.3 Å². The Balaban J connectivity index is 2.11. The van der Waals surface area contributed by atoms with E-state index in [2.05, 4.69) is 10.4 Å². The first-order chi connectivity index (χ1) is 11.2. The summed E-state index contributed by atoms with van der Waals surface area (Å²) in [6.07, 6.45) is -2.52. The molecule has 24 heavy (non-hydrogen) atoms. The third-order valence-electron chi connectivity index (χ3n) is 3.60. The fourth-order valence-corrected chi connectivity index (χ4v) is 2.43. The highest BCUT2D eigenvalue weighted by atomic mass is 32.1. The van der Waals surface area contributed by atoms with Crippen molar-refractivity contribution in [3.8, 4) is 0 Å². The third kappa shape index (κ3) is 4.25. The van der Waals surface area contributed by atoms with Crippen molar-refractivity contribution >= 4 is 23.0 Å². The molecular weight excluding hydrogens is 337 g/mol. The number of thiocarbonyl (C=S) groups is 1. The maximum absolute atomic E-state index is 13.0. The van der Waals surface area contributed by atoms with Crippen molar-refractivity contribution in [3.05, 3.63) is 47.3 Å². The van der Waals surface area contributed by atoms with E-state index in [1.54, 1.807) is 11.9 Å². The molecule has 1 aromatic carbocycles. The average Bonchev–Trinajstić information content (AvgIpc) is 2.87. The fraction of sp³-hybridized carbons (Fsp3) is 0.375. The molecule has 0 saturated carbocycles. The molecule has 0 fully saturated rings. The summed E-state index contributed by atoms with van der Waals surface area (Å²) in [5.74, 6) is 0. The van der Waals surface area contributed by atoms with Crippen LogP contribution in [0.3, 0.4) is 0 Å². The summed E-state index contributed by atoms with van der Waals surface area (Å²) in [5, 5.41) is 7.25. The minimum Gasteiger partial charge on any atom is -0.348 e. The fourth-order valence-electron chi connectivity index (χ4n) is 2.25. The molecule has 0 bridgehead atoms. The zero-order valence-corrected chi connectivity index (χ0v) is 14.5. The van der Waals surface area contributed by atoms with Crippen LogP contribution in [0.5, 0.6) is 0 Å². The number of hydrogen-bond acceptors (Lipinski definition) is 2. The second kappa shape index (κ2) is 7.21. The highest BCUT2D eigenvalue weighted by molar-refractivity contribution is 7.80.